The number of carbonyl (C=O) groups is 2. The molecule has 1 aromatic heterocycles. The molecule has 1 aliphatic heterocycles. The molecule has 4 rings (SSSR count). The summed E-state index contributed by atoms with van der Waals surface area (Å²) in [6, 6.07) is 11.9. The highest BCUT2D eigenvalue weighted by Crippen LogP contribution is 2.32. The lowest BCUT2D eigenvalue weighted by Crippen LogP contribution is -2.70. The van der Waals surface area contributed by atoms with E-state index in [1.165, 1.54) is 21.8 Å². The highest BCUT2D eigenvalue weighted by Gasteiger charge is 2.54. The van der Waals surface area contributed by atoms with Crippen LogP contribution in [-0.4, -0.2) is 50.6 Å². The van der Waals surface area contributed by atoms with Gasteiger partial charge in [-0.1, -0.05) is 49.2 Å². The molecule has 11 heteroatoms. The first-order chi connectivity index (χ1) is 16.5. The average molecular weight is 609 g/mol. The zero-order chi connectivity index (χ0) is 25.4. The van der Waals surface area contributed by atoms with E-state index in [1.807, 2.05) is 18.2 Å². The molecule has 8 nitrogen and oxygen atoms in total. The van der Waals surface area contributed by atoms with Crippen molar-refractivity contribution < 1.29 is 18.7 Å². The van der Waals surface area contributed by atoms with Crippen molar-refractivity contribution in [3.63, 3.8) is 0 Å². The van der Waals surface area contributed by atoms with Crippen molar-refractivity contribution in [1.82, 2.24) is 25.2 Å². The van der Waals surface area contributed by atoms with Gasteiger partial charge < -0.3 is 15.0 Å². The summed E-state index contributed by atoms with van der Waals surface area (Å²) >= 11 is 6.93. The molecule has 35 heavy (non-hydrogen) atoms. The Bertz CT molecular complexity index is 1270. The van der Waals surface area contributed by atoms with Crippen LogP contribution in [0.15, 0.2) is 57.6 Å². The molecule has 1 saturated heterocycles. The van der Waals surface area contributed by atoms with E-state index in [0.717, 1.165) is 14.5 Å². The summed E-state index contributed by atoms with van der Waals surface area (Å²) in [5.41, 5.74) is -0.449. The largest absolute Gasteiger partial charge is 0.444 e. The molecule has 0 spiro atoms. The van der Waals surface area contributed by atoms with Crippen LogP contribution in [0.25, 0.3) is 11.3 Å². The van der Waals surface area contributed by atoms with Crippen molar-refractivity contribution in [3.05, 3.63) is 69.0 Å². The van der Waals surface area contributed by atoms with Gasteiger partial charge in [-0.2, -0.15) is 0 Å². The summed E-state index contributed by atoms with van der Waals surface area (Å²) in [5, 5.41) is 11.2. The highest BCUT2D eigenvalue weighted by molar-refractivity contribution is 9.11. The van der Waals surface area contributed by atoms with Crippen LogP contribution in [0.4, 0.5) is 9.18 Å². The number of nitrogens with zero attached hydrogens (tertiary/aromatic N) is 4. The fraction of sp³-hybridized carbons (Fsp3) is 0.333. The third kappa shape index (κ3) is 5.40. The van der Waals surface area contributed by atoms with E-state index < -0.39 is 23.1 Å². The molecule has 0 bridgehead atoms. The minimum absolute atomic E-state index is 0.0352. The fourth-order valence-corrected chi connectivity index (χ4v) is 4.51. The van der Waals surface area contributed by atoms with Gasteiger partial charge in [0.25, 0.3) is 5.91 Å². The zero-order valence-electron chi connectivity index (χ0n) is 19.4. The second-order valence-electron chi connectivity index (χ2n) is 9.31. The molecule has 0 radical (unpaired) electrons. The van der Waals surface area contributed by atoms with Gasteiger partial charge in [-0.05, 0) is 56.7 Å². The van der Waals surface area contributed by atoms with Gasteiger partial charge >= 0.3 is 6.09 Å². The lowest BCUT2D eigenvalue weighted by Gasteiger charge is -2.47. The quantitative estimate of drug-likeness (QED) is 0.446. The Hall–Kier alpha value is -2.79. The highest BCUT2D eigenvalue weighted by atomic mass is 79.9. The molecule has 1 N–H and O–H groups in total. The van der Waals surface area contributed by atoms with Gasteiger partial charge in [-0.15, -0.1) is 5.10 Å². The van der Waals surface area contributed by atoms with E-state index in [2.05, 4.69) is 47.5 Å². The van der Waals surface area contributed by atoms with Gasteiger partial charge in [0.15, 0.2) is 5.54 Å². The molecule has 0 atom stereocenters. The van der Waals surface area contributed by atoms with Crippen LogP contribution in [-0.2, 0) is 21.6 Å². The van der Waals surface area contributed by atoms with Gasteiger partial charge in [0.1, 0.15) is 17.1 Å². The maximum Gasteiger partial charge on any atom is 0.410 e. The lowest BCUT2D eigenvalue weighted by atomic mass is 9.88. The first kappa shape index (κ1) is 25.3. The number of ether oxygens (including phenoxy) is 1. The van der Waals surface area contributed by atoms with Gasteiger partial charge in [-0.25, -0.2) is 13.9 Å². The summed E-state index contributed by atoms with van der Waals surface area (Å²) < 4.78 is 22.9. The van der Waals surface area contributed by atoms with Gasteiger partial charge in [0, 0.05) is 21.1 Å². The topological polar surface area (TPSA) is 89.4 Å². The van der Waals surface area contributed by atoms with Crippen LogP contribution in [0, 0.1) is 5.82 Å². The van der Waals surface area contributed by atoms with Gasteiger partial charge in [0.05, 0.1) is 19.3 Å². The van der Waals surface area contributed by atoms with E-state index in [9.17, 15) is 14.0 Å². The SMILES string of the molecule is CC(C)(C)OC(=O)N1CC(C(=O)NCc2cc(Br)ccc2Br)(n2cc(-c3ccccc3F)nn2)C1. The third-order valence-corrected chi connectivity index (χ3v) is 6.77. The Kier molecular flexibility index (Phi) is 7.01. The number of halogens is 3. The maximum absolute atomic E-state index is 14.3. The summed E-state index contributed by atoms with van der Waals surface area (Å²) in [5.74, 6) is -0.782. The fourth-order valence-electron chi connectivity index (χ4n) is 3.72. The zero-order valence-corrected chi connectivity index (χ0v) is 22.6. The molecule has 0 unspecified atom stereocenters. The number of nitrogens with one attached hydrogen (secondary N) is 1. The summed E-state index contributed by atoms with van der Waals surface area (Å²) in [6.07, 6.45) is 1.00. The van der Waals surface area contributed by atoms with Crippen LogP contribution in [0.5, 0.6) is 0 Å². The van der Waals surface area contributed by atoms with Crippen LogP contribution >= 0.6 is 31.9 Å². The number of carbonyl (C=O) groups excluding carboxylic acids is 2. The van der Waals surface area contributed by atoms with E-state index in [0.29, 0.717) is 5.69 Å². The van der Waals surface area contributed by atoms with Crippen molar-refractivity contribution in [2.24, 2.45) is 0 Å². The normalized spacial score (nSPS) is 14.9. The van der Waals surface area contributed by atoms with Gasteiger partial charge in [0.2, 0.25) is 0 Å². The number of benzene rings is 2. The number of likely N-dealkylation sites (tertiary alicyclic amines) is 1. The van der Waals surface area contributed by atoms with Crippen LogP contribution < -0.4 is 5.32 Å². The third-order valence-electron chi connectivity index (χ3n) is 5.51. The van der Waals surface area contributed by atoms with E-state index in [4.69, 9.17) is 4.74 Å². The maximum atomic E-state index is 14.3. The van der Waals surface area contributed by atoms with Crippen LogP contribution in [0.3, 0.4) is 0 Å². The van der Waals surface area contributed by atoms with Crippen LogP contribution in [0.2, 0.25) is 0 Å². The summed E-state index contributed by atoms with van der Waals surface area (Å²) in [4.78, 5) is 27.5. The number of aromatic nitrogens is 3. The lowest BCUT2D eigenvalue weighted by molar-refractivity contribution is -0.140. The molecular formula is C24H24Br2FN5O3. The Balaban J connectivity index is 1.60. The number of hydrogen-bond donors (Lipinski definition) is 1. The van der Waals surface area contributed by atoms with E-state index >= 15 is 0 Å². The smallest absolute Gasteiger partial charge is 0.410 e. The van der Waals surface area contributed by atoms with Gasteiger partial charge in [-0.3, -0.25) is 4.79 Å². The number of rotatable bonds is 5. The molecule has 184 valence electrons. The molecular weight excluding hydrogens is 585 g/mol. The Morgan fingerprint density at radius 2 is 1.89 bits per heavy atom. The van der Waals surface area contributed by atoms with E-state index in [-0.39, 0.29) is 31.1 Å². The van der Waals surface area contributed by atoms with Crippen molar-refractivity contribution in [2.45, 2.75) is 38.5 Å². The summed E-state index contributed by atoms with van der Waals surface area (Å²) in [7, 11) is 0. The Morgan fingerprint density at radius 1 is 1.17 bits per heavy atom. The monoisotopic (exact) mass is 607 g/mol. The minimum atomic E-state index is -1.22. The molecule has 1 aliphatic rings. The Morgan fingerprint density at radius 3 is 2.57 bits per heavy atom. The first-order valence-corrected chi connectivity index (χ1v) is 12.4. The molecule has 2 amide bonds. The second-order valence-corrected chi connectivity index (χ2v) is 11.1. The predicted molar refractivity (Wildman–Crippen MR) is 135 cm³/mol. The number of amides is 2. The van der Waals surface area contributed by atoms with E-state index in [1.54, 1.807) is 39.0 Å². The molecule has 0 saturated carbocycles. The molecule has 2 heterocycles. The minimum Gasteiger partial charge on any atom is -0.444 e. The second kappa shape index (κ2) is 9.69. The molecule has 2 aromatic carbocycles. The summed E-state index contributed by atoms with van der Waals surface area (Å²) in [6.45, 7) is 5.65. The van der Waals surface area contributed by atoms with Crippen molar-refractivity contribution in [1.29, 1.82) is 0 Å². The van der Waals surface area contributed by atoms with Crippen molar-refractivity contribution in [3.8, 4) is 11.3 Å². The number of hydrogen-bond acceptors (Lipinski definition) is 5. The first-order valence-electron chi connectivity index (χ1n) is 10.9. The molecule has 3 aromatic rings. The average Bonchev–Trinajstić information content (AvgIpc) is 3.23. The molecule has 0 aliphatic carbocycles. The predicted octanol–water partition coefficient (Wildman–Crippen LogP) is 4.87. The molecule has 1 fully saturated rings. The van der Waals surface area contributed by atoms with Crippen molar-refractivity contribution in [2.75, 3.05) is 13.1 Å². The standard InChI is InChI=1S/C24H24Br2FN5O3/c1-23(2,3)35-22(34)31-13-24(14-31,21(33)28-11-15-10-16(25)8-9-18(15)26)32-12-20(29-30-32)17-6-4-5-7-19(17)27/h4-10,12H,11,13-14H2,1-3H3,(H,28,33). The van der Waals surface area contributed by atoms with Crippen molar-refractivity contribution >= 4 is 43.9 Å². The van der Waals surface area contributed by atoms with Crippen LogP contribution in [0.1, 0.15) is 26.3 Å². The Labute approximate surface area is 219 Å².